The lowest BCUT2D eigenvalue weighted by molar-refractivity contribution is 0.104. The Morgan fingerprint density at radius 3 is 2.62 bits per heavy atom. The molecule has 2 aromatic rings. The van der Waals surface area contributed by atoms with Crippen LogP contribution in [0.25, 0.3) is 6.08 Å². The van der Waals surface area contributed by atoms with E-state index in [2.05, 4.69) is 22.5 Å². The molecule has 0 spiro atoms. The highest BCUT2D eigenvalue weighted by Gasteiger charge is 2.01. The summed E-state index contributed by atoms with van der Waals surface area (Å²) >= 11 is 3.36. The second-order valence-corrected chi connectivity index (χ2v) is 5.29. The molecule has 0 unspecified atom stereocenters. The van der Waals surface area contributed by atoms with Crippen LogP contribution in [0.4, 0.5) is 0 Å². The number of allylic oxidation sites excluding steroid dienone is 1. The Hall–Kier alpha value is -2.13. The van der Waals surface area contributed by atoms with Gasteiger partial charge in [0.25, 0.3) is 0 Å². The Bertz CT molecular complexity index is 657. The Morgan fingerprint density at radius 1 is 1.19 bits per heavy atom. The van der Waals surface area contributed by atoms with E-state index in [4.69, 9.17) is 4.74 Å². The van der Waals surface area contributed by atoms with Crippen LogP contribution >= 0.6 is 15.9 Å². The number of hydrogen-bond acceptors (Lipinski definition) is 2. The first-order valence-corrected chi connectivity index (χ1v) is 7.30. The summed E-state index contributed by atoms with van der Waals surface area (Å²) in [6.07, 6.45) is 5.06. The molecule has 0 aliphatic rings. The first-order valence-electron chi connectivity index (χ1n) is 6.51. The summed E-state index contributed by atoms with van der Waals surface area (Å²) in [4.78, 5) is 12.0. The SMILES string of the molecule is C=CCOc1ccc(C=CC(=O)c2cccc(Br)c2)cc1. The van der Waals surface area contributed by atoms with Crippen molar-refractivity contribution in [1.82, 2.24) is 0 Å². The summed E-state index contributed by atoms with van der Waals surface area (Å²) in [6.45, 7) is 4.08. The molecule has 0 aromatic heterocycles. The van der Waals surface area contributed by atoms with E-state index in [1.54, 1.807) is 30.4 Å². The Balaban J connectivity index is 2.03. The van der Waals surface area contributed by atoms with Gasteiger partial charge in [-0.1, -0.05) is 58.9 Å². The third kappa shape index (κ3) is 4.72. The van der Waals surface area contributed by atoms with Crippen molar-refractivity contribution < 1.29 is 9.53 Å². The van der Waals surface area contributed by atoms with Crippen molar-refractivity contribution in [3.8, 4) is 5.75 Å². The predicted molar refractivity (Wildman–Crippen MR) is 89.6 cm³/mol. The van der Waals surface area contributed by atoms with E-state index in [1.165, 1.54) is 0 Å². The van der Waals surface area contributed by atoms with Gasteiger partial charge in [-0.3, -0.25) is 4.79 Å². The molecular weight excluding hydrogens is 328 g/mol. The highest BCUT2D eigenvalue weighted by Crippen LogP contribution is 2.15. The van der Waals surface area contributed by atoms with Gasteiger partial charge in [-0.2, -0.15) is 0 Å². The largest absolute Gasteiger partial charge is 0.490 e. The maximum absolute atomic E-state index is 12.0. The highest BCUT2D eigenvalue weighted by atomic mass is 79.9. The van der Waals surface area contributed by atoms with Crippen LogP contribution in [-0.2, 0) is 0 Å². The predicted octanol–water partition coefficient (Wildman–Crippen LogP) is 4.91. The first-order chi connectivity index (χ1) is 10.2. The second-order valence-electron chi connectivity index (χ2n) is 4.38. The number of halogens is 1. The smallest absolute Gasteiger partial charge is 0.185 e. The van der Waals surface area contributed by atoms with Crippen molar-refractivity contribution in [2.24, 2.45) is 0 Å². The molecule has 2 rings (SSSR count). The summed E-state index contributed by atoms with van der Waals surface area (Å²) < 4.78 is 6.30. The molecule has 21 heavy (non-hydrogen) atoms. The second kappa shape index (κ2) is 7.60. The average molecular weight is 343 g/mol. The third-order valence-electron chi connectivity index (χ3n) is 2.78. The van der Waals surface area contributed by atoms with Crippen LogP contribution in [0.2, 0.25) is 0 Å². The monoisotopic (exact) mass is 342 g/mol. The van der Waals surface area contributed by atoms with Crippen LogP contribution < -0.4 is 4.74 Å². The quantitative estimate of drug-likeness (QED) is 0.423. The van der Waals surface area contributed by atoms with Crippen LogP contribution in [0, 0.1) is 0 Å². The Morgan fingerprint density at radius 2 is 1.95 bits per heavy atom. The molecule has 2 aromatic carbocycles. The van der Waals surface area contributed by atoms with Crippen molar-refractivity contribution >= 4 is 27.8 Å². The first kappa shape index (κ1) is 15.3. The molecule has 0 amide bonds. The van der Waals surface area contributed by atoms with E-state index < -0.39 is 0 Å². The van der Waals surface area contributed by atoms with Crippen molar-refractivity contribution in [3.05, 3.63) is 82.9 Å². The number of hydrogen-bond donors (Lipinski definition) is 0. The summed E-state index contributed by atoms with van der Waals surface area (Å²) in [7, 11) is 0. The highest BCUT2D eigenvalue weighted by molar-refractivity contribution is 9.10. The minimum absolute atomic E-state index is 0.0247. The van der Waals surface area contributed by atoms with Gasteiger partial charge in [0.15, 0.2) is 5.78 Å². The standard InChI is InChI=1S/C18H15BrO2/c1-2-12-21-17-9-6-14(7-10-17)8-11-18(20)15-4-3-5-16(19)13-15/h2-11,13H,1,12H2. The van der Waals surface area contributed by atoms with Crippen LogP contribution in [-0.4, -0.2) is 12.4 Å². The minimum Gasteiger partial charge on any atom is -0.490 e. The van der Waals surface area contributed by atoms with Crippen molar-refractivity contribution in [1.29, 1.82) is 0 Å². The molecule has 0 aliphatic carbocycles. The lowest BCUT2D eigenvalue weighted by Gasteiger charge is -2.02. The fourth-order valence-electron chi connectivity index (χ4n) is 1.74. The third-order valence-corrected chi connectivity index (χ3v) is 3.28. The summed E-state index contributed by atoms with van der Waals surface area (Å²) in [6, 6.07) is 14.9. The molecule has 0 aliphatic heterocycles. The molecule has 106 valence electrons. The van der Waals surface area contributed by atoms with Crippen LogP contribution in [0.15, 0.2) is 71.7 Å². The van der Waals surface area contributed by atoms with Gasteiger partial charge < -0.3 is 4.74 Å². The van der Waals surface area contributed by atoms with E-state index >= 15 is 0 Å². The molecule has 0 N–H and O–H groups in total. The number of carbonyl (C=O) groups excluding carboxylic acids is 1. The van der Waals surface area contributed by atoms with E-state index in [1.807, 2.05) is 36.4 Å². The molecule has 0 saturated carbocycles. The molecule has 0 heterocycles. The van der Waals surface area contributed by atoms with E-state index in [9.17, 15) is 4.79 Å². The van der Waals surface area contributed by atoms with Crippen LogP contribution in [0.3, 0.4) is 0 Å². The molecule has 0 radical (unpaired) electrons. The topological polar surface area (TPSA) is 26.3 Å². The summed E-state index contributed by atoms with van der Waals surface area (Å²) in [5.41, 5.74) is 1.61. The molecule has 0 saturated heterocycles. The van der Waals surface area contributed by atoms with Gasteiger partial charge in [0.2, 0.25) is 0 Å². The lowest BCUT2D eigenvalue weighted by Crippen LogP contribution is -1.94. The van der Waals surface area contributed by atoms with Gasteiger partial charge in [0, 0.05) is 10.0 Å². The Labute approximate surface area is 132 Å². The molecule has 0 atom stereocenters. The van der Waals surface area contributed by atoms with Gasteiger partial charge >= 0.3 is 0 Å². The van der Waals surface area contributed by atoms with E-state index in [0.717, 1.165) is 15.8 Å². The molecule has 2 nitrogen and oxygen atoms in total. The summed E-state index contributed by atoms with van der Waals surface area (Å²) in [5.74, 6) is 0.758. The van der Waals surface area contributed by atoms with Gasteiger partial charge in [0.05, 0.1) is 0 Å². The number of carbonyl (C=O) groups is 1. The average Bonchev–Trinajstić information content (AvgIpc) is 2.51. The van der Waals surface area contributed by atoms with Gasteiger partial charge in [-0.25, -0.2) is 0 Å². The number of ether oxygens (including phenoxy) is 1. The number of rotatable bonds is 6. The van der Waals surface area contributed by atoms with Crippen LogP contribution in [0.5, 0.6) is 5.75 Å². The normalized spacial score (nSPS) is 10.5. The van der Waals surface area contributed by atoms with Crippen molar-refractivity contribution in [2.75, 3.05) is 6.61 Å². The molecule has 3 heteroatoms. The van der Waals surface area contributed by atoms with E-state index in [0.29, 0.717) is 12.2 Å². The minimum atomic E-state index is -0.0247. The number of benzene rings is 2. The lowest BCUT2D eigenvalue weighted by atomic mass is 10.1. The number of ketones is 1. The maximum atomic E-state index is 12.0. The molecule has 0 fully saturated rings. The maximum Gasteiger partial charge on any atom is 0.185 e. The van der Waals surface area contributed by atoms with Crippen molar-refractivity contribution in [3.63, 3.8) is 0 Å². The fourth-order valence-corrected chi connectivity index (χ4v) is 2.14. The zero-order valence-electron chi connectivity index (χ0n) is 11.5. The molecular formula is C18H15BrO2. The molecule has 0 bridgehead atoms. The van der Waals surface area contributed by atoms with Gasteiger partial charge in [-0.15, -0.1) is 0 Å². The summed E-state index contributed by atoms with van der Waals surface area (Å²) in [5, 5.41) is 0. The Kier molecular flexibility index (Phi) is 5.52. The van der Waals surface area contributed by atoms with E-state index in [-0.39, 0.29) is 5.78 Å². The van der Waals surface area contributed by atoms with Crippen molar-refractivity contribution in [2.45, 2.75) is 0 Å². The van der Waals surface area contributed by atoms with Gasteiger partial charge in [0.1, 0.15) is 12.4 Å². The van der Waals surface area contributed by atoms with Gasteiger partial charge in [-0.05, 0) is 35.9 Å². The zero-order valence-corrected chi connectivity index (χ0v) is 13.0. The fraction of sp³-hybridized carbons (Fsp3) is 0.0556. The zero-order chi connectivity index (χ0) is 15.1. The van der Waals surface area contributed by atoms with Crippen LogP contribution in [0.1, 0.15) is 15.9 Å².